The van der Waals surface area contributed by atoms with Gasteiger partial charge in [0.05, 0.1) is 0 Å². The molecule has 0 atom stereocenters. The van der Waals surface area contributed by atoms with Crippen molar-refractivity contribution in [3.63, 3.8) is 0 Å². The summed E-state index contributed by atoms with van der Waals surface area (Å²) in [5.41, 5.74) is 0.620. The van der Waals surface area contributed by atoms with E-state index in [4.69, 9.17) is 9.84 Å². The minimum atomic E-state index is -1.03. The molecule has 3 N–H and O–H groups in total. The van der Waals surface area contributed by atoms with Crippen molar-refractivity contribution in [2.24, 2.45) is 5.92 Å². The van der Waals surface area contributed by atoms with Crippen molar-refractivity contribution < 1.29 is 19.4 Å². The predicted molar refractivity (Wildman–Crippen MR) is 76.0 cm³/mol. The number of carbonyl (C=O) groups is 2. The van der Waals surface area contributed by atoms with Crippen LogP contribution in [0, 0.1) is 5.92 Å². The number of nitrogens with one attached hydrogen (secondary N) is 2. The van der Waals surface area contributed by atoms with Crippen LogP contribution in [-0.2, 0) is 4.79 Å². The van der Waals surface area contributed by atoms with Crippen molar-refractivity contribution >= 4 is 17.7 Å². The van der Waals surface area contributed by atoms with Gasteiger partial charge in [0.25, 0.3) is 0 Å². The molecular weight excluding hydrogens is 260 g/mol. The zero-order valence-corrected chi connectivity index (χ0v) is 11.7. The summed E-state index contributed by atoms with van der Waals surface area (Å²) in [6, 6.07) is 6.25. The number of amides is 2. The Labute approximate surface area is 118 Å². The van der Waals surface area contributed by atoms with Crippen LogP contribution in [0.1, 0.15) is 20.3 Å². The van der Waals surface area contributed by atoms with Crippen LogP contribution in [-0.4, -0.2) is 30.3 Å². The number of carbonyl (C=O) groups excluding carboxylic acids is 1. The summed E-state index contributed by atoms with van der Waals surface area (Å²) in [6.07, 6.45) is 0.926. The number of ether oxygens (including phenoxy) is 1. The Balaban J connectivity index is 2.37. The van der Waals surface area contributed by atoms with Gasteiger partial charge in [-0.05, 0) is 36.6 Å². The number of rotatable bonds is 7. The van der Waals surface area contributed by atoms with Crippen molar-refractivity contribution in [1.29, 1.82) is 0 Å². The SMILES string of the molecule is CC(C)CCNC(=O)Nc1ccc(OCC(=O)O)cc1. The lowest BCUT2D eigenvalue weighted by atomic mass is 10.1. The van der Waals surface area contributed by atoms with E-state index in [1.807, 2.05) is 0 Å². The number of carboxylic acid groups (broad SMARTS) is 1. The van der Waals surface area contributed by atoms with Gasteiger partial charge in [-0.1, -0.05) is 13.8 Å². The maximum atomic E-state index is 11.6. The molecule has 0 radical (unpaired) electrons. The highest BCUT2D eigenvalue weighted by Crippen LogP contribution is 2.15. The molecule has 110 valence electrons. The molecule has 0 bridgehead atoms. The fourth-order valence-electron chi connectivity index (χ4n) is 1.43. The van der Waals surface area contributed by atoms with E-state index in [0.717, 1.165) is 6.42 Å². The maximum Gasteiger partial charge on any atom is 0.341 e. The van der Waals surface area contributed by atoms with Gasteiger partial charge in [0.1, 0.15) is 5.75 Å². The number of urea groups is 1. The molecule has 0 heterocycles. The van der Waals surface area contributed by atoms with Crippen LogP contribution in [0.2, 0.25) is 0 Å². The standard InChI is InChI=1S/C14H20N2O4/c1-10(2)7-8-15-14(19)16-11-3-5-12(6-4-11)20-9-13(17)18/h3-6,10H,7-9H2,1-2H3,(H,17,18)(H2,15,16,19). The first-order chi connectivity index (χ1) is 9.47. The van der Waals surface area contributed by atoms with Crippen LogP contribution in [0.3, 0.4) is 0 Å². The molecule has 1 aromatic rings. The van der Waals surface area contributed by atoms with E-state index in [-0.39, 0.29) is 12.6 Å². The molecule has 6 heteroatoms. The first-order valence-corrected chi connectivity index (χ1v) is 6.47. The number of carboxylic acids is 1. The number of aliphatic carboxylic acids is 1. The second-order valence-corrected chi connectivity index (χ2v) is 4.77. The summed E-state index contributed by atoms with van der Waals surface area (Å²) in [4.78, 5) is 21.9. The predicted octanol–water partition coefficient (Wildman–Crippen LogP) is 2.32. The van der Waals surface area contributed by atoms with Gasteiger partial charge < -0.3 is 20.5 Å². The number of hydrogen-bond acceptors (Lipinski definition) is 3. The molecule has 1 rings (SSSR count). The lowest BCUT2D eigenvalue weighted by Gasteiger charge is -2.09. The molecule has 0 aliphatic carbocycles. The zero-order chi connectivity index (χ0) is 15.0. The van der Waals surface area contributed by atoms with Gasteiger partial charge >= 0.3 is 12.0 Å². The highest BCUT2D eigenvalue weighted by Gasteiger charge is 2.03. The fraction of sp³-hybridized carbons (Fsp3) is 0.429. The van der Waals surface area contributed by atoms with E-state index in [0.29, 0.717) is 23.9 Å². The summed E-state index contributed by atoms with van der Waals surface area (Å²) < 4.78 is 4.99. The maximum absolute atomic E-state index is 11.6. The van der Waals surface area contributed by atoms with Gasteiger partial charge in [-0.3, -0.25) is 0 Å². The molecule has 1 aromatic carbocycles. The van der Waals surface area contributed by atoms with Crippen molar-refractivity contribution in [3.05, 3.63) is 24.3 Å². The smallest absolute Gasteiger partial charge is 0.341 e. The average Bonchev–Trinajstić information content (AvgIpc) is 2.37. The van der Waals surface area contributed by atoms with Gasteiger partial charge in [0, 0.05) is 12.2 Å². The quantitative estimate of drug-likeness (QED) is 0.715. The minimum absolute atomic E-state index is 0.259. The fourth-order valence-corrected chi connectivity index (χ4v) is 1.43. The molecule has 0 fully saturated rings. The van der Waals surface area contributed by atoms with Crippen LogP contribution in [0.15, 0.2) is 24.3 Å². The number of anilines is 1. The lowest BCUT2D eigenvalue weighted by Crippen LogP contribution is -2.30. The molecule has 6 nitrogen and oxygen atoms in total. The van der Waals surface area contributed by atoms with Crippen LogP contribution >= 0.6 is 0 Å². The highest BCUT2D eigenvalue weighted by molar-refractivity contribution is 5.89. The number of hydrogen-bond donors (Lipinski definition) is 3. The second-order valence-electron chi connectivity index (χ2n) is 4.77. The molecule has 0 aliphatic rings. The molecule has 0 aromatic heterocycles. The number of benzene rings is 1. The zero-order valence-electron chi connectivity index (χ0n) is 11.7. The van der Waals surface area contributed by atoms with Crippen molar-refractivity contribution in [2.75, 3.05) is 18.5 Å². The third kappa shape index (κ3) is 6.63. The van der Waals surface area contributed by atoms with Crippen LogP contribution in [0.5, 0.6) is 5.75 Å². The first kappa shape index (κ1) is 15.8. The third-order valence-electron chi connectivity index (χ3n) is 2.48. The lowest BCUT2D eigenvalue weighted by molar-refractivity contribution is -0.139. The normalized spacial score (nSPS) is 10.2. The molecular formula is C14H20N2O4. The molecule has 0 spiro atoms. The minimum Gasteiger partial charge on any atom is -0.482 e. The van der Waals surface area contributed by atoms with E-state index >= 15 is 0 Å². The van der Waals surface area contributed by atoms with E-state index in [9.17, 15) is 9.59 Å². The van der Waals surface area contributed by atoms with E-state index < -0.39 is 5.97 Å². The Morgan fingerprint density at radius 1 is 1.25 bits per heavy atom. The second kappa shape index (κ2) is 8.04. The largest absolute Gasteiger partial charge is 0.482 e. The Morgan fingerprint density at radius 2 is 1.90 bits per heavy atom. The summed E-state index contributed by atoms with van der Waals surface area (Å²) >= 11 is 0. The van der Waals surface area contributed by atoms with Gasteiger partial charge in [-0.2, -0.15) is 0 Å². The van der Waals surface area contributed by atoms with E-state index in [2.05, 4.69) is 24.5 Å². The van der Waals surface area contributed by atoms with Crippen LogP contribution in [0.4, 0.5) is 10.5 Å². The van der Waals surface area contributed by atoms with Crippen molar-refractivity contribution in [3.8, 4) is 5.75 Å². The molecule has 0 unspecified atom stereocenters. The molecule has 0 aliphatic heterocycles. The van der Waals surface area contributed by atoms with E-state index in [1.54, 1.807) is 24.3 Å². The van der Waals surface area contributed by atoms with Gasteiger partial charge in [-0.25, -0.2) is 9.59 Å². The summed E-state index contributed by atoms with van der Waals surface area (Å²) in [6.45, 7) is 4.43. The Kier molecular flexibility index (Phi) is 6.36. The first-order valence-electron chi connectivity index (χ1n) is 6.47. The van der Waals surface area contributed by atoms with E-state index in [1.165, 1.54) is 0 Å². The van der Waals surface area contributed by atoms with Crippen molar-refractivity contribution in [1.82, 2.24) is 5.32 Å². The van der Waals surface area contributed by atoms with Crippen LogP contribution < -0.4 is 15.4 Å². The molecule has 20 heavy (non-hydrogen) atoms. The Morgan fingerprint density at radius 3 is 2.45 bits per heavy atom. The summed E-state index contributed by atoms with van der Waals surface area (Å²) in [5, 5.41) is 13.9. The third-order valence-corrected chi connectivity index (χ3v) is 2.48. The van der Waals surface area contributed by atoms with Gasteiger partial charge in [0.2, 0.25) is 0 Å². The van der Waals surface area contributed by atoms with Crippen LogP contribution in [0.25, 0.3) is 0 Å². The topological polar surface area (TPSA) is 87.7 Å². The highest BCUT2D eigenvalue weighted by atomic mass is 16.5. The van der Waals surface area contributed by atoms with Crippen molar-refractivity contribution in [2.45, 2.75) is 20.3 Å². The average molecular weight is 280 g/mol. The summed E-state index contributed by atoms with van der Waals surface area (Å²) in [7, 11) is 0. The summed E-state index contributed by atoms with van der Waals surface area (Å²) in [5.74, 6) is -0.0455. The molecule has 0 saturated carbocycles. The van der Waals surface area contributed by atoms with Gasteiger partial charge in [-0.15, -0.1) is 0 Å². The monoisotopic (exact) mass is 280 g/mol. The Bertz CT molecular complexity index is 443. The van der Waals surface area contributed by atoms with Gasteiger partial charge in [0.15, 0.2) is 6.61 Å². The molecule has 2 amide bonds. The molecule has 0 saturated heterocycles. The Hall–Kier alpha value is -2.24.